The van der Waals surface area contributed by atoms with Gasteiger partial charge in [0.05, 0.1) is 12.4 Å². The van der Waals surface area contributed by atoms with Crippen molar-refractivity contribution in [1.82, 2.24) is 9.97 Å². The lowest BCUT2D eigenvalue weighted by Crippen LogP contribution is -2.34. The number of nitrogens with two attached hydrogens (primary N) is 1. The van der Waals surface area contributed by atoms with Crippen LogP contribution >= 0.6 is 0 Å². The van der Waals surface area contributed by atoms with Crippen molar-refractivity contribution < 1.29 is 0 Å². The van der Waals surface area contributed by atoms with Crippen molar-refractivity contribution in [3.63, 3.8) is 0 Å². The topological polar surface area (TPSA) is 78.9 Å². The molecule has 1 unspecified atom stereocenters. The largest absolute Gasteiger partial charge is 0.382 e. The van der Waals surface area contributed by atoms with Crippen LogP contribution in [0.5, 0.6) is 0 Å². The third-order valence-electron chi connectivity index (χ3n) is 3.08. The zero-order chi connectivity index (χ0) is 13.5. The van der Waals surface area contributed by atoms with Gasteiger partial charge in [-0.1, -0.05) is 20.3 Å². The van der Waals surface area contributed by atoms with E-state index in [2.05, 4.69) is 35.6 Å². The Morgan fingerprint density at radius 2 is 2.11 bits per heavy atom. The fourth-order valence-corrected chi connectivity index (χ4v) is 1.72. The van der Waals surface area contributed by atoms with E-state index >= 15 is 0 Å². The Hall–Kier alpha value is -1.65. The smallest absolute Gasteiger partial charge is 0.147 e. The Balaban J connectivity index is 2.87. The molecule has 18 heavy (non-hydrogen) atoms. The summed E-state index contributed by atoms with van der Waals surface area (Å²) in [6, 6.07) is 0.439. The number of unbranched alkanes of at least 4 members (excludes halogenated alkanes) is 1. The van der Waals surface area contributed by atoms with Crippen molar-refractivity contribution in [2.45, 2.75) is 46.1 Å². The minimum absolute atomic E-state index is 0.0438. The van der Waals surface area contributed by atoms with Crippen LogP contribution in [0.4, 0.5) is 5.82 Å². The summed E-state index contributed by atoms with van der Waals surface area (Å²) in [5, 5.41) is 7.31. The molecule has 0 fully saturated rings. The molecule has 0 aliphatic carbocycles. The van der Waals surface area contributed by atoms with Crippen LogP contribution in [0.3, 0.4) is 0 Å². The van der Waals surface area contributed by atoms with E-state index in [1.165, 1.54) is 0 Å². The quantitative estimate of drug-likeness (QED) is 0.573. The van der Waals surface area contributed by atoms with E-state index in [1.807, 2.05) is 0 Å². The summed E-state index contributed by atoms with van der Waals surface area (Å²) in [4.78, 5) is 10.8. The van der Waals surface area contributed by atoms with Gasteiger partial charge in [-0.2, -0.15) is 0 Å². The molecule has 1 rings (SSSR count). The molecule has 0 amide bonds. The summed E-state index contributed by atoms with van der Waals surface area (Å²) in [7, 11) is 0. The van der Waals surface area contributed by atoms with Gasteiger partial charge in [0.2, 0.25) is 0 Å². The monoisotopic (exact) mass is 249 g/mol. The molecule has 3 N–H and O–H groups in total. The number of hydrogen-bond donors (Lipinski definition) is 2. The first-order chi connectivity index (χ1) is 8.60. The maximum atomic E-state index is 7.31. The second-order valence-electron chi connectivity index (χ2n) is 4.48. The molecule has 0 aliphatic heterocycles. The highest BCUT2D eigenvalue weighted by Crippen LogP contribution is 2.15. The fraction of sp³-hybridized carbons (Fsp3) is 0.615. The van der Waals surface area contributed by atoms with Crippen LogP contribution in [0.2, 0.25) is 0 Å². The van der Waals surface area contributed by atoms with Gasteiger partial charge in [-0.25, -0.2) is 9.97 Å². The standard InChI is InChI=1S/C13H23N5/c1-4-6-7-18(10(3)5-2)12-9-16-11(8-17-12)13(14)15/h8-10H,4-7H2,1-3H3,(H3,14,15). The van der Waals surface area contributed by atoms with Gasteiger partial charge in [0.25, 0.3) is 0 Å². The molecule has 1 atom stereocenters. The Morgan fingerprint density at radius 1 is 1.39 bits per heavy atom. The number of hydrogen-bond acceptors (Lipinski definition) is 4. The SMILES string of the molecule is CCCCN(c1cnc(C(=N)N)cn1)C(C)CC. The predicted octanol–water partition coefficient (Wildman–Crippen LogP) is 2.17. The van der Waals surface area contributed by atoms with E-state index in [4.69, 9.17) is 11.1 Å². The van der Waals surface area contributed by atoms with Gasteiger partial charge in [0.1, 0.15) is 17.3 Å². The van der Waals surface area contributed by atoms with E-state index in [0.29, 0.717) is 11.7 Å². The highest BCUT2D eigenvalue weighted by atomic mass is 15.2. The summed E-state index contributed by atoms with van der Waals surface area (Å²) in [6.45, 7) is 7.52. The Kier molecular flexibility index (Phi) is 5.55. The van der Waals surface area contributed by atoms with E-state index in [1.54, 1.807) is 12.4 Å². The molecule has 100 valence electrons. The summed E-state index contributed by atoms with van der Waals surface area (Å²) in [6.07, 6.45) is 6.64. The highest BCUT2D eigenvalue weighted by Gasteiger charge is 2.14. The van der Waals surface area contributed by atoms with Crippen molar-refractivity contribution in [3.05, 3.63) is 18.1 Å². The number of amidine groups is 1. The van der Waals surface area contributed by atoms with Gasteiger partial charge >= 0.3 is 0 Å². The number of anilines is 1. The number of nitrogens with one attached hydrogen (secondary N) is 1. The number of rotatable bonds is 7. The first-order valence-electron chi connectivity index (χ1n) is 6.53. The van der Waals surface area contributed by atoms with Crippen LogP contribution in [0.15, 0.2) is 12.4 Å². The maximum Gasteiger partial charge on any atom is 0.147 e. The molecule has 0 spiro atoms. The van der Waals surface area contributed by atoms with Crippen LogP contribution in [0.1, 0.15) is 45.7 Å². The average Bonchev–Trinajstić information content (AvgIpc) is 2.39. The van der Waals surface area contributed by atoms with Crippen LogP contribution in [0.25, 0.3) is 0 Å². The van der Waals surface area contributed by atoms with Gasteiger partial charge < -0.3 is 10.6 Å². The Bertz CT molecular complexity index is 373. The van der Waals surface area contributed by atoms with Crippen molar-refractivity contribution in [2.75, 3.05) is 11.4 Å². The molecule has 0 aromatic carbocycles. The molecule has 0 radical (unpaired) electrons. The maximum absolute atomic E-state index is 7.31. The van der Waals surface area contributed by atoms with E-state index in [0.717, 1.165) is 31.6 Å². The highest BCUT2D eigenvalue weighted by molar-refractivity contribution is 5.92. The Labute approximate surface area is 109 Å². The number of aromatic nitrogens is 2. The lowest BCUT2D eigenvalue weighted by atomic mass is 10.2. The van der Waals surface area contributed by atoms with Crippen LogP contribution in [-0.4, -0.2) is 28.4 Å². The number of nitrogen functional groups attached to an aromatic ring is 1. The molecule has 1 aromatic rings. The third kappa shape index (κ3) is 3.68. The molecular formula is C13H23N5. The zero-order valence-electron chi connectivity index (χ0n) is 11.5. The van der Waals surface area contributed by atoms with Crippen LogP contribution < -0.4 is 10.6 Å². The van der Waals surface area contributed by atoms with Crippen molar-refractivity contribution in [1.29, 1.82) is 5.41 Å². The zero-order valence-corrected chi connectivity index (χ0v) is 11.5. The second-order valence-corrected chi connectivity index (χ2v) is 4.48. The summed E-state index contributed by atoms with van der Waals surface area (Å²) in [5.41, 5.74) is 5.80. The third-order valence-corrected chi connectivity index (χ3v) is 3.08. The van der Waals surface area contributed by atoms with E-state index in [-0.39, 0.29) is 5.84 Å². The summed E-state index contributed by atoms with van der Waals surface area (Å²) in [5.74, 6) is 0.820. The lowest BCUT2D eigenvalue weighted by molar-refractivity contribution is 0.588. The summed E-state index contributed by atoms with van der Waals surface area (Å²) >= 11 is 0. The lowest BCUT2D eigenvalue weighted by Gasteiger charge is -2.29. The first-order valence-corrected chi connectivity index (χ1v) is 6.53. The molecule has 1 aromatic heterocycles. The van der Waals surface area contributed by atoms with E-state index in [9.17, 15) is 0 Å². The minimum Gasteiger partial charge on any atom is -0.382 e. The van der Waals surface area contributed by atoms with Crippen molar-refractivity contribution in [3.8, 4) is 0 Å². The van der Waals surface area contributed by atoms with Crippen molar-refractivity contribution >= 4 is 11.7 Å². The molecule has 0 saturated heterocycles. The molecular weight excluding hydrogens is 226 g/mol. The minimum atomic E-state index is -0.0438. The average molecular weight is 249 g/mol. The molecule has 0 aliphatic rings. The normalized spacial score (nSPS) is 12.2. The summed E-state index contributed by atoms with van der Waals surface area (Å²) < 4.78 is 0. The van der Waals surface area contributed by atoms with Crippen LogP contribution in [0, 0.1) is 5.41 Å². The molecule has 0 bridgehead atoms. The van der Waals surface area contributed by atoms with Gasteiger partial charge in [0.15, 0.2) is 0 Å². The van der Waals surface area contributed by atoms with Gasteiger partial charge in [-0.05, 0) is 19.8 Å². The predicted molar refractivity (Wildman–Crippen MR) is 75.1 cm³/mol. The molecule has 5 heteroatoms. The molecule has 0 saturated carbocycles. The number of nitrogens with zero attached hydrogens (tertiary/aromatic N) is 3. The second kappa shape index (κ2) is 6.93. The van der Waals surface area contributed by atoms with Gasteiger partial charge in [-0.15, -0.1) is 0 Å². The molecule has 1 heterocycles. The fourth-order valence-electron chi connectivity index (χ4n) is 1.72. The van der Waals surface area contributed by atoms with Gasteiger partial charge in [0, 0.05) is 12.6 Å². The van der Waals surface area contributed by atoms with E-state index < -0.39 is 0 Å². The first kappa shape index (κ1) is 14.4. The molecule has 5 nitrogen and oxygen atoms in total. The van der Waals surface area contributed by atoms with Crippen molar-refractivity contribution in [2.24, 2.45) is 5.73 Å². The van der Waals surface area contributed by atoms with Crippen LogP contribution in [-0.2, 0) is 0 Å². The Morgan fingerprint density at radius 3 is 2.56 bits per heavy atom. The van der Waals surface area contributed by atoms with Gasteiger partial charge in [-0.3, -0.25) is 5.41 Å².